The Morgan fingerprint density at radius 1 is 1.37 bits per heavy atom. The number of nitrogens with zero attached hydrogens (tertiary/aromatic N) is 1. The van der Waals surface area contributed by atoms with Crippen molar-refractivity contribution in [3.05, 3.63) is 23.4 Å². The molecule has 0 aliphatic rings. The number of carbonyl (C=O) groups is 1. The maximum atomic E-state index is 12.1. The predicted octanol–water partition coefficient (Wildman–Crippen LogP) is 1.95. The Kier molecular flexibility index (Phi) is 5.76. The van der Waals surface area contributed by atoms with Crippen LogP contribution in [-0.4, -0.2) is 17.4 Å². The number of pyridine rings is 1. The van der Waals surface area contributed by atoms with E-state index in [0.29, 0.717) is 29.8 Å². The van der Waals surface area contributed by atoms with Crippen molar-refractivity contribution >= 4 is 11.7 Å². The first-order valence-corrected chi connectivity index (χ1v) is 6.73. The predicted molar refractivity (Wildman–Crippen MR) is 77.8 cm³/mol. The van der Waals surface area contributed by atoms with Crippen LogP contribution in [0, 0.1) is 11.8 Å². The molecule has 0 aliphatic heterocycles. The summed E-state index contributed by atoms with van der Waals surface area (Å²) in [5.41, 5.74) is 3.93. The molecule has 0 bridgehead atoms. The zero-order valence-corrected chi connectivity index (χ0v) is 12.2. The van der Waals surface area contributed by atoms with Gasteiger partial charge in [-0.3, -0.25) is 4.79 Å². The van der Waals surface area contributed by atoms with Crippen LogP contribution >= 0.6 is 0 Å². The van der Waals surface area contributed by atoms with Crippen LogP contribution in [0.3, 0.4) is 0 Å². The van der Waals surface area contributed by atoms with E-state index in [0.717, 1.165) is 12.1 Å². The normalized spacial score (nSPS) is 12.3. The molecule has 5 nitrogen and oxygen atoms in total. The summed E-state index contributed by atoms with van der Waals surface area (Å²) in [4.78, 5) is 16.4. The van der Waals surface area contributed by atoms with E-state index in [1.807, 2.05) is 6.92 Å². The van der Waals surface area contributed by atoms with Gasteiger partial charge in [0.05, 0.1) is 0 Å². The molecule has 19 heavy (non-hydrogen) atoms. The Balaban J connectivity index is 2.76. The van der Waals surface area contributed by atoms with Crippen molar-refractivity contribution in [1.82, 2.24) is 10.3 Å². The molecule has 0 saturated carbocycles. The van der Waals surface area contributed by atoms with Crippen LogP contribution in [0.5, 0.6) is 0 Å². The smallest absolute Gasteiger partial charge is 0.251 e. The van der Waals surface area contributed by atoms with E-state index in [1.54, 1.807) is 12.1 Å². The van der Waals surface area contributed by atoms with Crippen molar-refractivity contribution in [2.24, 2.45) is 17.7 Å². The van der Waals surface area contributed by atoms with E-state index in [4.69, 9.17) is 5.84 Å². The number of aromatic nitrogens is 1. The van der Waals surface area contributed by atoms with Gasteiger partial charge in [0.25, 0.3) is 5.91 Å². The number of carbonyl (C=O) groups excluding carboxylic acids is 1. The third kappa shape index (κ3) is 4.52. The molecule has 0 aliphatic carbocycles. The zero-order chi connectivity index (χ0) is 14.4. The van der Waals surface area contributed by atoms with Crippen molar-refractivity contribution in [3.63, 3.8) is 0 Å². The van der Waals surface area contributed by atoms with Crippen molar-refractivity contribution in [2.45, 2.75) is 34.1 Å². The molecular weight excluding hydrogens is 240 g/mol. The minimum absolute atomic E-state index is 0.0823. The SMILES string of the molecule is CCc1cc(C(=O)NCC(C)C(C)C)cc(NN)n1. The summed E-state index contributed by atoms with van der Waals surface area (Å²) in [6.45, 7) is 9.09. The molecule has 1 atom stereocenters. The van der Waals surface area contributed by atoms with Crippen LogP contribution in [0.4, 0.5) is 5.82 Å². The molecule has 1 amide bonds. The fraction of sp³-hybridized carbons (Fsp3) is 0.571. The molecule has 1 aromatic rings. The summed E-state index contributed by atoms with van der Waals surface area (Å²) in [6, 6.07) is 3.46. The lowest BCUT2D eigenvalue weighted by Gasteiger charge is -2.16. The number of nitrogens with two attached hydrogens (primary N) is 1. The fourth-order valence-electron chi connectivity index (χ4n) is 1.57. The molecular formula is C14H24N4O. The summed E-state index contributed by atoms with van der Waals surface area (Å²) in [5.74, 6) is 6.79. The summed E-state index contributed by atoms with van der Waals surface area (Å²) in [7, 11) is 0. The number of aryl methyl sites for hydroxylation is 1. The molecule has 1 rings (SSSR count). The van der Waals surface area contributed by atoms with Gasteiger partial charge in [0.2, 0.25) is 0 Å². The maximum absolute atomic E-state index is 12.1. The van der Waals surface area contributed by atoms with Crippen LogP contribution in [0.1, 0.15) is 43.7 Å². The number of nitrogen functional groups attached to an aromatic ring is 1. The van der Waals surface area contributed by atoms with Crippen molar-refractivity contribution in [1.29, 1.82) is 0 Å². The molecule has 1 heterocycles. The van der Waals surface area contributed by atoms with Gasteiger partial charge in [0, 0.05) is 17.8 Å². The highest BCUT2D eigenvalue weighted by Gasteiger charge is 2.12. The van der Waals surface area contributed by atoms with Crippen molar-refractivity contribution in [2.75, 3.05) is 12.0 Å². The summed E-state index contributed by atoms with van der Waals surface area (Å²) in [6.07, 6.45) is 0.762. The van der Waals surface area contributed by atoms with Crippen LogP contribution in [0.25, 0.3) is 0 Å². The number of nitrogens with one attached hydrogen (secondary N) is 2. The number of hydrogen-bond donors (Lipinski definition) is 3. The first-order chi connectivity index (χ1) is 8.97. The molecule has 4 N–H and O–H groups in total. The highest BCUT2D eigenvalue weighted by Crippen LogP contribution is 2.12. The van der Waals surface area contributed by atoms with Gasteiger partial charge >= 0.3 is 0 Å². The monoisotopic (exact) mass is 264 g/mol. The third-order valence-electron chi connectivity index (χ3n) is 3.37. The minimum atomic E-state index is -0.0823. The Morgan fingerprint density at radius 3 is 2.58 bits per heavy atom. The van der Waals surface area contributed by atoms with Crippen molar-refractivity contribution in [3.8, 4) is 0 Å². The van der Waals surface area contributed by atoms with Gasteiger partial charge in [-0.2, -0.15) is 0 Å². The lowest BCUT2D eigenvalue weighted by Crippen LogP contribution is -2.30. The number of anilines is 1. The molecule has 1 unspecified atom stereocenters. The minimum Gasteiger partial charge on any atom is -0.352 e. The zero-order valence-electron chi connectivity index (χ0n) is 12.2. The number of hydrazine groups is 1. The van der Waals surface area contributed by atoms with Crippen molar-refractivity contribution < 1.29 is 4.79 Å². The largest absolute Gasteiger partial charge is 0.352 e. The van der Waals surface area contributed by atoms with Crippen LogP contribution in [0.15, 0.2) is 12.1 Å². The number of hydrogen-bond acceptors (Lipinski definition) is 4. The number of rotatable bonds is 6. The lowest BCUT2D eigenvalue weighted by atomic mass is 9.98. The Morgan fingerprint density at radius 2 is 2.05 bits per heavy atom. The maximum Gasteiger partial charge on any atom is 0.251 e. The quantitative estimate of drug-likeness (QED) is 0.542. The summed E-state index contributed by atoms with van der Waals surface area (Å²) < 4.78 is 0. The molecule has 5 heteroatoms. The third-order valence-corrected chi connectivity index (χ3v) is 3.37. The van der Waals surface area contributed by atoms with E-state index in [-0.39, 0.29) is 5.91 Å². The topological polar surface area (TPSA) is 80.0 Å². The molecule has 0 spiro atoms. The highest BCUT2D eigenvalue weighted by atomic mass is 16.1. The number of amides is 1. The Labute approximate surface area is 115 Å². The second kappa shape index (κ2) is 7.09. The first kappa shape index (κ1) is 15.4. The van der Waals surface area contributed by atoms with Gasteiger partial charge in [0.15, 0.2) is 0 Å². The van der Waals surface area contributed by atoms with Gasteiger partial charge < -0.3 is 10.7 Å². The second-order valence-corrected chi connectivity index (χ2v) is 5.16. The summed E-state index contributed by atoms with van der Waals surface area (Å²) >= 11 is 0. The molecule has 0 saturated heterocycles. The Bertz CT molecular complexity index is 409. The van der Waals surface area contributed by atoms with E-state index in [1.165, 1.54) is 0 Å². The van der Waals surface area contributed by atoms with Gasteiger partial charge in [-0.05, 0) is 30.4 Å². The van der Waals surface area contributed by atoms with E-state index >= 15 is 0 Å². The van der Waals surface area contributed by atoms with Gasteiger partial charge in [-0.1, -0.05) is 27.7 Å². The van der Waals surface area contributed by atoms with Crippen LogP contribution in [-0.2, 0) is 6.42 Å². The molecule has 1 aromatic heterocycles. The fourth-order valence-corrected chi connectivity index (χ4v) is 1.57. The first-order valence-electron chi connectivity index (χ1n) is 6.73. The standard InChI is InChI=1S/C14H24N4O/c1-5-12-6-11(7-13(17-12)18-15)14(19)16-8-10(4)9(2)3/h6-7,9-10H,5,8,15H2,1-4H3,(H,16,19)(H,17,18). The van der Waals surface area contributed by atoms with Gasteiger partial charge in [0.1, 0.15) is 5.82 Å². The molecule has 0 fully saturated rings. The molecule has 0 radical (unpaired) electrons. The molecule has 0 aromatic carbocycles. The highest BCUT2D eigenvalue weighted by molar-refractivity contribution is 5.95. The van der Waals surface area contributed by atoms with E-state index in [9.17, 15) is 4.79 Å². The van der Waals surface area contributed by atoms with E-state index < -0.39 is 0 Å². The average molecular weight is 264 g/mol. The van der Waals surface area contributed by atoms with E-state index in [2.05, 4.69) is 36.5 Å². The molecule has 106 valence electrons. The lowest BCUT2D eigenvalue weighted by molar-refractivity contribution is 0.0944. The average Bonchev–Trinajstić information content (AvgIpc) is 2.43. The Hall–Kier alpha value is -1.62. The second-order valence-electron chi connectivity index (χ2n) is 5.16. The van der Waals surface area contributed by atoms with Gasteiger partial charge in [-0.15, -0.1) is 0 Å². The van der Waals surface area contributed by atoms with Crippen LogP contribution < -0.4 is 16.6 Å². The summed E-state index contributed by atoms with van der Waals surface area (Å²) in [5, 5.41) is 2.95. The van der Waals surface area contributed by atoms with Gasteiger partial charge in [-0.25, -0.2) is 10.8 Å². The van der Waals surface area contributed by atoms with Crippen LogP contribution in [0.2, 0.25) is 0 Å².